The van der Waals surface area contributed by atoms with E-state index in [-0.39, 0.29) is 5.91 Å². The molecule has 0 aliphatic heterocycles. The van der Waals surface area contributed by atoms with Gasteiger partial charge >= 0.3 is 0 Å². The molecule has 0 aliphatic rings. The molecule has 3 aromatic carbocycles. The van der Waals surface area contributed by atoms with E-state index in [0.29, 0.717) is 0 Å². The minimum absolute atomic E-state index is 0.380. The molecule has 1 aromatic heterocycles. The van der Waals surface area contributed by atoms with E-state index >= 15 is 0 Å². The average molecular weight is 438 g/mol. The largest absolute Gasteiger partial charge is 0.368 e. The molecule has 4 rings (SSSR count). The van der Waals surface area contributed by atoms with E-state index in [0.717, 1.165) is 42.6 Å². The topological polar surface area (TPSA) is 60.1 Å². The molecule has 1 heterocycles. The van der Waals surface area contributed by atoms with Crippen LogP contribution >= 0.6 is 0 Å². The van der Waals surface area contributed by atoms with Gasteiger partial charge in [-0.2, -0.15) is 0 Å². The van der Waals surface area contributed by atoms with Gasteiger partial charge in [0, 0.05) is 18.9 Å². The smallest absolute Gasteiger partial charge is 0.237 e. The van der Waals surface area contributed by atoms with Crippen LogP contribution in [0.3, 0.4) is 0 Å². The Morgan fingerprint density at radius 1 is 0.788 bits per heavy atom. The van der Waals surface area contributed by atoms with E-state index in [1.165, 1.54) is 11.1 Å². The van der Waals surface area contributed by atoms with E-state index < -0.39 is 5.41 Å². The molecule has 33 heavy (non-hydrogen) atoms. The van der Waals surface area contributed by atoms with Crippen molar-refractivity contribution in [1.82, 2.24) is 9.88 Å². The minimum Gasteiger partial charge on any atom is -0.368 e. The number of hydrogen-bond donors (Lipinski definition) is 2. The van der Waals surface area contributed by atoms with Gasteiger partial charge in [-0.25, -0.2) is 0 Å². The second kappa shape index (κ2) is 10.3. The summed E-state index contributed by atoms with van der Waals surface area (Å²) < 4.78 is 2.15. The summed E-state index contributed by atoms with van der Waals surface area (Å²) in [7, 11) is 1.97. The van der Waals surface area contributed by atoms with Crippen LogP contribution in [-0.4, -0.2) is 24.1 Å². The average Bonchev–Trinajstić information content (AvgIpc) is 3.33. The molecule has 0 atom stereocenters. The molecule has 168 valence electrons. The summed E-state index contributed by atoms with van der Waals surface area (Å²) in [5.41, 5.74) is 10.4. The van der Waals surface area contributed by atoms with Gasteiger partial charge in [0.15, 0.2) is 0 Å². The number of rotatable bonds is 10. The molecular formula is C29H31N3O. The summed E-state index contributed by atoms with van der Waals surface area (Å²) >= 11 is 0. The molecule has 0 radical (unpaired) electrons. The molecule has 0 unspecified atom stereocenters. The van der Waals surface area contributed by atoms with E-state index in [9.17, 15) is 4.79 Å². The standard InChI is InChI=1S/C29H31N3O/c1-31-19-16-23-12-14-24(15-13-23)17-20-32-21-18-27(22-32)29(28(30)33,25-8-4-2-5-9-25)26-10-6-3-7-11-26/h2-15,18,21-22,31H,16-17,19-20H2,1H3,(H2,30,33). The van der Waals surface area contributed by atoms with Crippen molar-refractivity contribution in [1.29, 1.82) is 0 Å². The molecule has 0 saturated carbocycles. The van der Waals surface area contributed by atoms with Crippen molar-refractivity contribution in [3.05, 3.63) is 131 Å². The fourth-order valence-electron chi connectivity index (χ4n) is 4.50. The fourth-order valence-corrected chi connectivity index (χ4v) is 4.50. The van der Waals surface area contributed by atoms with Gasteiger partial charge in [-0.05, 0) is 60.3 Å². The maximum atomic E-state index is 13.1. The first kappa shape index (κ1) is 22.6. The Hall–Kier alpha value is -3.63. The van der Waals surface area contributed by atoms with Crippen molar-refractivity contribution in [3.63, 3.8) is 0 Å². The van der Waals surface area contributed by atoms with Crippen molar-refractivity contribution < 1.29 is 4.79 Å². The zero-order chi connectivity index (χ0) is 23.1. The molecule has 4 heteroatoms. The first-order chi connectivity index (χ1) is 16.1. The van der Waals surface area contributed by atoms with Gasteiger partial charge in [0.1, 0.15) is 5.41 Å². The minimum atomic E-state index is -1.04. The Morgan fingerprint density at radius 3 is 1.85 bits per heavy atom. The number of aromatic nitrogens is 1. The number of primary amides is 1. The monoisotopic (exact) mass is 437 g/mol. The van der Waals surface area contributed by atoms with Gasteiger partial charge in [0.05, 0.1) is 0 Å². The SMILES string of the molecule is CNCCc1ccc(CCn2ccc(C(C(N)=O)(c3ccccc3)c3ccccc3)c2)cc1. The molecule has 4 aromatic rings. The van der Waals surface area contributed by atoms with Crippen molar-refractivity contribution in [3.8, 4) is 0 Å². The summed E-state index contributed by atoms with van der Waals surface area (Å²) in [5, 5.41) is 3.19. The molecule has 1 amide bonds. The highest BCUT2D eigenvalue weighted by Crippen LogP contribution is 2.39. The number of benzene rings is 3. The Morgan fingerprint density at radius 2 is 1.33 bits per heavy atom. The van der Waals surface area contributed by atoms with Crippen molar-refractivity contribution in [2.45, 2.75) is 24.8 Å². The van der Waals surface area contributed by atoms with Crippen molar-refractivity contribution >= 4 is 5.91 Å². The summed E-state index contributed by atoms with van der Waals surface area (Å²) in [5.74, 6) is -0.380. The number of likely N-dealkylation sites (N-methyl/N-ethyl adjacent to an activating group) is 1. The van der Waals surface area contributed by atoms with E-state index in [1.807, 2.05) is 80.0 Å². The third-order valence-electron chi connectivity index (χ3n) is 6.31. The summed E-state index contributed by atoms with van der Waals surface area (Å²) in [6, 6.07) is 30.5. The second-order valence-electron chi connectivity index (χ2n) is 8.40. The lowest BCUT2D eigenvalue weighted by atomic mass is 9.69. The lowest BCUT2D eigenvalue weighted by Crippen LogP contribution is -2.43. The lowest BCUT2D eigenvalue weighted by molar-refractivity contribution is -0.120. The number of carbonyl (C=O) groups excluding carboxylic acids is 1. The van der Waals surface area contributed by atoms with E-state index in [2.05, 4.69) is 40.3 Å². The number of nitrogens with zero attached hydrogens (tertiary/aromatic N) is 1. The van der Waals surface area contributed by atoms with Crippen LogP contribution in [0.5, 0.6) is 0 Å². The van der Waals surface area contributed by atoms with Gasteiger partial charge in [-0.15, -0.1) is 0 Å². The van der Waals surface area contributed by atoms with Crippen LogP contribution in [0.25, 0.3) is 0 Å². The zero-order valence-corrected chi connectivity index (χ0v) is 19.1. The van der Waals surface area contributed by atoms with Crippen LogP contribution in [-0.2, 0) is 29.6 Å². The molecule has 0 fully saturated rings. The third-order valence-corrected chi connectivity index (χ3v) is 6.31. The molecule has 4 nitrogen and oxygen atoms in total. The predicted molar refractivity (Wildman–Crippen MR) is 134 cm³/mol. The molecule has 0 aliphatic carbocycles. The first-order valence-electron chi connectivity index (χ1n) is 11.4. The Balaban J connectivity index is 1.62. The van der Waals surface area contributed by atoms with Crippen LogP contribution < -0.4 is 11.1 Å². The predicted octanol–water partition coefficient (Wildman–Crippen LogP) is 4.31. The van der Waals surface area contributed by atoms with Crippen LogP contribution in [0.1, 0.15) is 27.8 Å². The van der Waals surface area contributed by atoms with Crippen LogP contribution in [0.2, 0.25) is 0 Å². The number of carbonyl (C=O) groups is 1. The lowest BCUT2D eigenvalue weighted by Gasteiger charge is -2.31. The highest BCUT2D eigenvalue weighted by molar-refractivity contribution is 5.95. The van der Waals surface area contributed by atoms with Gasteiger partial charge in [0.25, 0.3) is 0 Å². The summed E-state index contributed by atoms with van der Waals surface area (Å²) in [4.78, 5) is 13.1. The molecule has 0 spiro atoms. The van der Waals surface area contributed by atoms with Gasteiger partial charge in [-0.1, -0.05) is 84.9 Å². The number of aryl methyl sites for hydroxylation is 2. The Kier molecular flexibility index (Phi) is 7.06. The van der Waals surface area contributed by atoms with Gasteiger partial charge < -0.3 is 15.6 Å². The normalized spacial score (nSPS) is 11.4. The Labute approximate surface area is 196 Å². The number of nitrogens with one attached hydrogen (secondary N) is 1. The maximum absolute atomic E-state index is 13.1. The van der Waals surface area contributed by atoms with E-state index in [4.69, 9.17) is 5.73 Å². The van der Waals surface area contributed by atoms with Gasteiger partial charge in [-0.3, -0.25) is 4.79 Å². The number of amides is 1. The third kappa shape index (κ3) is 4.76. The van der Waals surface area contributed by atoms with Crippen LogP contribution in [0.15, 0.2) is 103 Å². The van der Waals surface area contributed by atoms with Crippen molar-refractivity contribution in [2.24, 2.45) is 5.73 Å². The highest BCUT2D eigenvalue weighted by Gasteiger charge is 2.42. The van der Waals surface area contributed by atoms with Crippen molar-refractivity contribution in [2.75, 3.05) is 13.6 Å². The maximum Gasteiger partial charge on any atom is 0.237 e. The molecule has 0 saturated heterocycles. The van der Waals surface area contributed by atoms with E-state index in [1.54, 1.807) is 0 Å². The quantitative estimate of drug-likeness (QED) is 0.388. The number of hydrogen-bond acceptors (Lipinski definition) is 2. The summed E-state index contributed by atoms with van der Waals surface area (Å²) in [6.07, 6.45) is 6.05. The fraction of sp³-hybridized carbons (Fsp3) is 0.207. The number of nitrogens with two attached hydrogens (primary N) is 1. The van der Waals surface area contributed by atoms with Crippen LogP contribution in [0.4, 0.5) is 0 Å². The Bertz CT molecular complexity index is 1120. The second-order valence-corrected chi connectivity index (χ2v) is 8.40. The summed E-state index contributed by atoms with van der Waals surface area (Å²) in [6.45, 7) is 1.81. The highest BCUT2D eigenvalue weighted by atomic mass is 16.1. The first-order valence-corrected chi connectivity index (χ1v) is 11.4. The zero-order valence-electron chi connectivity index (χ0n) is 19.1. The molecule has 3 N–H and O–H groups in total. The van der Waals surface area contributed by atoms with Crippen LogP contribution in [0, 0.1) is 0 Å². The molecule has 0 bridgehead atoms. The van der Waals surface area contributed by atoms with Gasteiger partial charge in [0.2, 0.25) is 5.91 Å². The molecular weight excluding hydrogens is 406 g/mol.